The summed E-state index contributed by atoms with van der Waals surface area (Å²) in [4.78, 5) is 2.73. The standard InChI is InChI=1S/C28H47NO/c1-4-5-6-7-8-9-10-11-12-13-18-26-22(2)19-20-23(3)29(26)28-25-17-15-14-16-24(25)21-27(28)30/h14-17,22-23,26-28,30H,4-13,18-21H2,1-3H3/t22-,23+,26-,27-,28+/m0/s1. The van der Waals surface area contributed by atoms with Gasteiger partial charge in [0.15, 0.2) is 0 Å². The summed E-state index contributed by atoms with van der Waals surface area (Å²) in [6, 6.07) is 10.1. The number of nitrogens with zero attached hydrogens (tertiary/aromatic N) is 1. The van der Waals surface area contributed by atoms with Gasteiger partial charge < -0.3 is 5.11 Å². The van der Waals surface area contributed by atoms with E-state index in [4.69, 9.17) is 0 Å². The first-order valence-electron chi connectivity index (χ1n) is 13.2. The number of benzene rings is 1. The molecule has 0 amide bonds. The number of hydrogen-bond donors (Lipinski definition) is 1. The Kier molecular flexibility index (Phi) is 9.71. The van der Waals surface area contributed by atoms with E-state index in [2.05, 4.69) is 49.9 Å². The van der Waals surface area contributed by atoms with Gasteiger partial charge >= 0.3 is 0 Å². The third-order valence-electron chi connectivity index (χ3n) is 7.93. The maximum absolute atomic E-state index is 11.0. The van der Waals surface area contributed by atoms with Crippen LogP contribution in [0.25, 0.3) is 0 Å². The van der Waals surface area contributed by atoms with Gasteiger partial charge in [-0.05, 0) is 43.2 Å². The van der Waals surface area contributed by atoms with Gasteiger partial charge in [-0.1, -0.05) is 102 Å². The van der Waals surface area contributed by atoms with Crippen LogP contribution < -0.4 is 0 Å². The van der Waals surface area contributed by atoms with E-state index in [1.165, 1.54) is 94.6 Å². The van der Waals surface area contributed by atoms with Gasteiger partial charge in [-0.25, -0.2) is 0 Å². The van der Waals surface area contributed by atoms with E-state index in [1.807, 2.05) is 0 Å². The van der Waals surface area contributed by atoms with Crippen molar-refractivity contribution >= 4 is 0 Å². The van der Waals surface area contributed by atoms with E-state index in [0.29, 0.717) is 12.1 Å². The lowest BCUT2D eigenvalue weighted by Gasteiger charge is -2.49. The summed E-state index contributed by atoms with van der Waals surface area (Å²) in [5, 5.41) is 11.0. The number of rotatable bonds is 12. The summed E-state index contributed by atoms with van der Waals surface area (Å²) in [6.07, 6.45) is 18.5. The van der Waals surface area contributed by atoms with Crippen molar-refractivity contribution in [3.05, 3.63) is 35.4 Å². The summed E-state index contributed by atoms with van der Waals surface area (Å²) in [5.74, 6) is 0.736. The largest absolute Gasteiger partial charge is 0.391 e. The maximum Gasteiger partial charge on any atom is 0.0777 e. The summed E-state index contributed by atoms with van der Waals surface area (Å²) in [6.45, 7) is 7.14. The Morgan fingerprint density at radius 3 is 2.20 bits per heavy atom. The molecule has 1 heterocycles. The summed E-state index contributed by atoms with van der Waals surface area (Å²) in [7, 11) is 0. The van der Waals surface area contributed by atoms with Crippen LogP contribution in [-0.4, -0.2) is 28.2 Å². The highest BCUT2D eigenvalue weighted by Crippen LogP contribution is 2.43. The van der Waals surface area contributed by atoms with Crippen LogP contribution >= 0.6 is 0 Å². The van der Waals surface area contributed by atoms with Crippen LogP contribution in [0.2, 0.25) is 0 Å². The molecule has 2 nitrogen and oxygen atoms in total. The van der Waals surface area contributed by atoms with E-state index in [0.717, 1.165) is 12.3 Å². The lowest BCUT2D eigenvalue weighted by molar-refractivity contribution is -0.0371. The SMILES string of the molecule is CCCCCCCCCCCC[C@H]1[C@@H](C)CC[C@@H](C)N1[C@@H]1c2ccccc2C[C@@H]1O. The van der Waals surface area contributed by atoms with Crippen LogP contribution in [0.1, 0.15) is 121 Å². The van der Waals surface area contributed by atoms with Crippen LogP contribution in [0.15, 0.2) is 24.3 Å². The number of fused-ring (bicyclic) bond motifs is 1. The Labute approximate surface area is 186 Å². The van der Waals surface area contributed by atoms with Crippen molar-refractivity contribution in [2.75, 3.05) is 0 Å². The van der Waals surface area contributed by atoms with Gasteiger partial charge in [0.2, 0.25) is 0 Å². The first-order valence-corrected chi connectivity index (χ1v) is 13.2. The Bertz CT molecular complexity index is 614. The van der Waals surface area contributed by atoms with Crippen molar-refractivity contribution in [1.82, 2.24) is 4.90 Å². The maximum atomic E-state index is 11.0. The van der Waals surface area contributed by atoms with Crippen LogP contribution in [0.5, 0.6) is 0 Å². The fraction of sp³-hybridized carbons (Fsp3) is 0.786. The van der Waals surface area contributed by atoms with Crippen LogP contribution in [-0.2, 0) is 6.42 Å². The molecule has 1 fully saturated rings. The lowest BCUT2D eigenvalue weighted by Crippen LogP contribution is -2.52. The molecule has 1 aliphatic carbocycles. The molecule has 170 valence electrons. The topological polar surface area (TPSA) is 23.5 Å². The van der Waals surface area contributed by atoms with Crippen molar-refractivity contribution in [3.63, 3.8) is 0 Å². The third kappa shape index (κ3) is 6.10. The smallest absolute Gasteiger partial charge is 0.0777 e. The van der Waals surface area contributed by atoms with Gasteiger partial charge in [0.25, 0.3) is 0 Å². The Balaban J connectivity index is 1.49. The first kappa shape index (κ1) is 23.8. The van der Waals surface area contributed by atoms with Crippen molar-refractivity contribution in [1.29, 1.82) is 0 Å². The predicted octanol–water partition coefficient (Wildman–Crippen LogP) is 7.44. The normalized spacial score (nSPS) is 29.3. The lowest BCUT2D eigenvalue weighted by atomic mass is 9.82. The van der Waals surface area contributed by atoms with Gasteiger partial charge in [-0.3, -0.25) is 4.90 Å². The molecule has 0 aromatic heterocycles. The molecule has 0 radical (unpaired) electrons. The minimum absolute atomic E-state index is 0.201. The fourth-order valence-corrected chi connectivity index (χ4v) is 6.13. The van der Waals surface area contributed by atoms with Gasteiger partial charge in [0.1, 0.15) is 0 Å². The molecule has 1 N–H and O–H groups in total. The van der Waals surface area contributed by atoms with Gasteiger partial charge in [0, 0.05) is 18.5 Å². The summed E-state index contributed by atoms with van der Waals surface area (Å²) >= 11 is 0. The zero-order valence-corrected chi connectivity index (χ0v) is 20.0. The minimum Gasteiger partial charge on any atom is -0.391 e. The molecule has 1 aliphatic heterocycles. The molecule has 0 saturated carbocycles. The second-order valence-electron chi connectivity index (χ2n) is 10.3. The van der Waals surface area contributed by atoms with Crippen molar-refractivity contribution < 1.29 is 5.11 Å². The Morgan fingerprint density at radius 2 is 1.50 bits per heavy atom. The van der Waals surface area contributed by atoms with Gasteiger partial charge in [-0.15, -0.1) is 0 Å². The summed E-state index contributed by atoms with van der Waals surface area (Å²) in [5.41, 5.74) is 2.75. The third-order valence-corrected chi connectivity index (χ3v) is 7.93. The van der Waals surface area contributed by atoms with Crippen LogP contribution in [0.4, 0.5) is 0 Å². The average molecular weight is 414 g/mol. The minimum atomic E-state index is -0.245. The monoisotopic (exact) mass is 413 g/mol. The molecule has 0 bridgehead atoms. The molecular weight excluding hydrogens is 366 g/mol. The molecule has 1 aromatic carbocycles. The molecule has 0 unspecified atom stereocenters. The quantitative estimate of drug-likeness (QED) is 0.360. The number of aliphatic hydroxyl groups is 1. The predicted molar refractivity (Wildman–Crippen MR) is 129 cm³/mol. The summed E-state index contributed by atoms with van der Waals surface area (Å²) < 4.78 is 0. The number of aliphatic hydroxyl groups excluding tert-OH is 1. The molecular formula is C28H47NO. The number of likely N-dealkylation sites (tertiary alicyclic amines) is 1. The molecule has 3 rings (SSSR count). The highest BCUT2D eigenvalue weighted by Gasteiger charge is 2.43. The zero-order chi connectivity index (χ0) is 21.3. The van der Waals surface area contributed by atoms with Gasteiger partial charge in [0.05, 0.1) is 12.1 Å². The molecule has 30 heavy (non-hydrogen) atoms. The molecule has 1 saturated heterocycles. The van der Waals surface area contributed by atoms with Gasteiger partial charge in [-0.2, -0.15) is 0 Å². The Hall–Kier alpha value is -0.860. The van der Waals surface area contributed by atoms with E-state index >= 15 is 0 Å². The van der Waals surface area contributed by atoms with Crippen LogP contribution in [0.3, 0.4) is 0 Å². The number of hydrogen-bond acceptors (Lipinski definition) is 2. The molecule has 1 aromatic rings. The molecule has 2 heteroatoms. The number of unbranched alkanes of at least 4 members (excludes halogenated alkanes) is 9. The second kappa shape index (κ2) is 12.2. The average Bonchev–Trinajstić information content (AvgIpc) is 3.07. The second-order valence-corrected chi connectivity index (χ2v) is 10.3. The molecule has 0 spiro atoms. The van der Waals surface area contributed by atoms with E-state index in [9.17, 15) is 5.11 Å². The number of piperidine rings is 1. The van der Waals surface area contributed by atoms with Crippen molar-refractivity contribution in [2.24, 2.45) is 5.92 Å². The molecule has 5 atom stereocenters. The Morgan fingerprint density at radius 1 is 0.867 bits per heavy atom. The first-order chi connectivity index (χ1) is 14.6. The zero-order valence-electron chi connectivity index (χ0n) is 20.0. The van der Waals surface area contributed by atoms with Crippen LogP contribution in [0, 0.1) is 5.92 Å². The fourth-order valence-electron chi connectivity index (χ4n) is 6.13. The highest BCUT2D eigenvalue weighted by atomic mass is 16.3. The molecule has 2 aliphatic rings. The van der Waals surface area contributed by atoms with E-state index < -0.39 is 0 Å². The van der Waals surface area contributed by atoms with Crippen molar-refractivity contribution in [3.8, 4) is 0 Å². The van der Waals surface area contributed by atoms with Crippen molar-refractivity contribution in [2.45, 2.75) is 135 Å². The highest BCUT2D eigenvalue weighted by molar-refractivity contribution is 5.37. The van der Waals surface area contributed by atoms with E-state index in [1.54, 1.807) is 0 Å². The van der Waals surface area contributed by atoms with E-state index in [-0.39, 0.29) is 12.1 Å².